The van der Waals surface area contributed by atoms with Crippen LogP contribution in [0.4, 0.5) is 4.39 Å². The molecule has 0 fully saturated rings. The number of nitrogens with zero attached hydrogens (tertiary/aromatic N) is 1. The summed E-state index contributed by atoms with van der Waals surface area (Å²) in [5.41, 5.74) is 3.52. The molecule has 0 aliphatic rings. The van der Waals surface area contributed by atoms with Gasteiger partial charge in [-0.2, -0.15) is 4.72 Å². The summed E-state index contributed by atoms with van der Waals surface area (Å²) < 4.78 is 41.8. The van der Waals surface area contributed by atoms with Gasteiger partial charge < -0.3 is 5.32 Å². The molecule has 0 aliphatic carbocycles. The predicted octanol–water partition coefficient (Wildman–Crippen LogP) is 2.80. The van der Waals surface area contributed by atoms with Crippen LogP contribution in [0, 0.1) is 12.7 Å². The maximum absolute atomic E-state index is 13.6. The second kappa shape index (κ2) is 9.25. The number of amides is 1. The molecule has 6 nitrogen and oxygen atoms in total. The van der Waals surface area contributed by atoms with Crippen LogP contribution in [0.3, 0.4) is 0 Å². The lowest BCUT2D eigenvalue weighted by Gasteiger charge is -2.19. The van der Waals surface area contributed by atoms with Crippen LogP contribution in [0.15, 0.2) is 64.3 Å². The number of hydrogen-bond donors (Lipinski definition) is 2. The smallest absolute Gasteiger partial charge is 0.241 e. The van der Waals surface area contributed by atoms with Crippen molar-refractivity contribution in [3.63, 3.8) is 0 Å². The lowest BCUT2D eigenvalue weighted by atomic mass is 10.1. The van der Waals surface area contributed by atoms with E-state index in [1.165, 1.54) is 23.5 Å². The quantitative estimate of drug-likeness (QED) is 0.572. The molecule has 0 bridgehead atoms. The van der Waals surface area contributed by atoms with E-state index in [0.29, 0.717) is 11.3 Å². The minimum atomic E-state index is -4.11. The van der Waals surface area contributed by atoms with Crippen molar-refractivity contribution >= 4 is 27.3 Å². The molecule has 0 saturated carbocycles. The van der Waals surface area contributed by atoms with Crippen molar-refractivity contribution in [2.24, 2.45) is 0 Å². The summed E-state index contributed by atoms with van der Waals surface area (Å²) in [6.07, 6.45) is 0.150. The normalized spacial score (nSPS) is 12.5. The zero-order valence-corrected chi connectivity index (χ0v) is 17.3. The number of aryl methyl sites for hydroxylation is 1. The highest BCUT2D eigenvalue weighted by molar-refractivity contribution is 7.89. The number of sulfonamides is 1. The molecular formula is C20H20FN3O3S2. The Morgan fingerprint density at radius 3 is 2.66 bits per heavy atom. The highest BCUT2D eigenvalue weighted by Crippen LogP contribution is 2.17. The fourth-order valence-electron chi connectivity index (χ4n) is 2.78. The second-order valence-corrected chi connectivity index (χ2v) is 8.87. The Morgan fingerprint density at radius 1 is 1.21 bits per heavy atom. The first-order valence-corrected chi connectivity index (χ1v) is 11.2. The summed E-state index contributed by atoms with van der Waals surface area (Å²) in [6.45, 7) is 1.76. The van der Waals surface area contributed by atoms with Crippen LogP contribution in [0.2, 0.25) is 0 Å². The van der Waals surface area contributed by atoms with Crippen LogP contribution in [-0.4, -0.2) is 25.4 Å². The number of rotatable bonds is 8. The number of benzene rings is 2. The van der Waals surface area contributed by atoms with Gasteiger partial charge in [-0.25, -0.2) is 17.8 Å². The maximum Gasteiger partial charge on any atom is 0.241 e. The molecule has 152 valence electrons. The van der Waals surface area contributed by atoms with Gasteiger partial charge in [0, 0.05) is 5.38 Å². The Labute approximate surface area is 172 Å². The largest absolute Gasteiger partial charge is 0.349 e. The van der Waals surface area contributed by atoms with Crippen LogP contribution >= 0.6 is 11.3 Å². The van der Waals surface area contributed by atoms with Crippen LogP contribution in [0.25, 0.3) is 0 Å². The second-order valence-electron chi connectivity index (χ2n) is 6.47. The molecule has 3 rings (SSSR count). The molecule has 2 aromatic carbocycles. The third kappa shape index (κ3) is 5.69. The number of thiazole rings is 1. The van der Waals surface area contributed by atoms with Crippen LogP contribution in [0.5, 0.6) is 0 Å². The highest BCUT2D eigenvalue weighted by atomic mass is 32.2. The van der Waals surface area contributed by atoms with Gasteiger partial charge in [-0.1, -0.05) is 36.4 Å². The Morgan fingerprint density at radius 2 is 1.97 bits per heavy atom. The number of hydrogen-bond acceptors (Lipinski definition) is 5. The van der Waals surface area contributed by atoms with Crippen molar-refractivity contribution in [3.05, 3.63) is 82.1 Å². The molecule has 1 heterocycles. The number of aromatic nitrogens is 1. The molecular weight excluding hydrogens is 413 g/mol. The molecule has 9 heteroatoms. The molecule has 29 heavy (non-hydrogen) atoms. The SMILES string of the molecule is Cc1ccc(F)cc1S(=O)(=O)NC(Cc1ccccc1)C(=O)NCc1cscn1. The Balaban J connectivity index is 1.83. The van der Waals surface area contributed by atoms with E-state index in [1.807, 2.05) is 30.3 Å². The van der Waals surface area contributed by atoms with Crippen molar-refractivity contribution in [3.8, 4) is 0 Å². The molecule has 0 radical (unpaired) electrons. The first-order valence-electron chi connectivity index (χ1n) is 8.82. The number of carbonyl (C=O) groups is 1. The van der Waals surface area contributed by atoms with Gasteiger partial charge in [0.15, 0.2) is 0 Å². The van der Waals surface area contributed by atoms with Gasteiger partial charge in [-0.15, -0.1) is 11.3 Å². The van der Waals surface area contributed by atoms with Crippen molar-refractivity contribution in [2.75, 3.05) is 0 Å². The summed E-state index contributed by atoms with van der Waals surface area (Å²) >= 11 is 1.40. The number of carbonyl (C=O) groups excluding carboxylic acids is 1. The first kappa shape index (κ1) is 21.1. The maximum atomic E-state index is 13.6. The summed E-state index contributed by atoms with van der Waals surface area (Å²) in [4.78, 5) is 16.7. The molecule has 2 N–H and O–H groups in total. The van der Waals surface area contributed by atoms with E-state index in [-0.39, 0.29) is 17.9 Å². The van der Waals surface area contributed by atoms with E-state index in [1.54, 1.807) is 17.8 Å². The minimum absolute atomic E-state index is 0.150. The van der Waals surface area contributed by atoms with Gasteiger partial charge in [0.05, 0.1) is 22.6 Å². The third-order valence-corrected chi connectivity index (χ3v) is 6.51. The summed E-state index contributed by atoms with van der Waals surface area (Å²) in [7, 11) is -4.11. The molecule has 1 unspecified atom stereocenters. The molecule has 0 spiro atoms. The summed E-state index contributed by atoms with van der Waals surface area (Å²) in [5, 5.41) is 4.51. The van der Waals surface area contributed by atoms with E-state index in [2.05, 4.69) is 15.0 Å². The lowest BCUT2D eigenvalue weighted by Crippen LogP contribution is -2.47. The van der Waals surface area contributed by atoms with Gasteiger partial charge in [-0.05, 0) is 36.6 Å². The Hall–Kier alpha value is -2.62. The fraction of sp³-hybridized carbons (Fsp3) is 0.200. The Kier molecular flexibility index (Phi) is 6.73. The molecule has 1 atom stereocenters. The standard InChI is InChI=1S/C20H20FN3O3S2/c1-14-7-8-16(21)10-19(14)29(26,27)24-18(9-15-5-3-2-4-6-15)20(25)22-11-17-12-28-13-23-17/h2-8,10,12-13,18,24H,9,11H2,1H3,(H,22,25). The van der Waals surface area contributed by atoms with E-state index in [4.69, 9.17) is 0 Å². The molecule has 1 amide bonds. The van der Waals surface area contributed by atoms with Gasteiger partial charge >= 0.3 is 0 Å². The average Bonchev–Trinajstić information content (AvgIpc) is 3.21. The molecule has 0 saturated heterocycles. The van der Waals surface area contributed by atoms with Crippen molar-refractivity contribution < 1.29 is 17.6 Å². The summed E-state index contributed by atoms with van der Waals surface area (Å²) in [6, 6.07) is 11.5. The Bertz CT molecular complexity index is 1070. The van der Waals surface area contributed by atoms with Crippen LogP contribution in [0.1, 0.15) is 16.8 Å². The van der Waals surface area contributed by atoms with Gasteiger partial charge in [0.1, 0.15) is 11.9 Å². The monoisotopic (exact) mass is 433 g/mol. The van der Waals surface area contributed by atoms with E-state index < -0.39 is 27.8 Å². The van der Waals surface area contributed by atoms with Crippen LogP contribution < -0.4 is 10.0 Å². The van der Waals surface area contributed by atoms with E-state index >= 15 is 0 Å². The number of nitrogens with one attached hydrogen (secondary N) is 2. The van der Waals surface area contributed by atoms with E-state index in [0.717, 1.165) is 11.6 Å². The number of halogens is 1. The average molecular weight is 434 g/mol. The predicted molar refractivity (Wildman–Crippen MR) is 109 cm³/mol. The highest BCUT2D eigenvalue weighted by Gasteiger charge is 2.27. The van der Waals surface area contributed by atoms with Crippen molar-refractivity contribution in [1.82, 2.24) is 15.0 Å². The van der Waals surface area contributed by atoms with Gasteiger partial charge in [0.25, 0.3) is 0 Å². The zero-order chi connectivity index (χ0) is 20.9. The lowest BCUT2D eigenvalue weighted by molar-refractivity contribution is -0.122. The van der Waals surface area contributed by atoms with Gasteiger partial charge in [0.2, 0.25) is 15.9 Å². The van der Waals surface area contributed by atoms with Crippen molar-refractivity contribution in [2.45, 2.75) is 30.8 Å². The van der Waals surface area contributed by atoms with Crippen LogP contribution in [-0.2, 0) is 27.8 Å². The summed E-state index contributed by atoms with van der Waals surface area (Å²) in [5.74, 6) is -1.15. The van der Waals surface area contributed by atoms with Crippen molar-refractivity contribution in [1.29, 1.82) is 0 Å². The molecule has 3 aromatic rings. The fourth-order valence-corrected chi connectivity index (χ4v) is 4.79. The topological polar surface area (TPSA) is 88.2 Å². The molecule has 0 aliphatic heterocycles. The third-order valence-electron chi connectivity index (χ3n) is 4.26. The van der Waals surface area contributed by atoms with E-state index in [9.17, 15) is 17.6 Å². The first-order chi connectivity index (χ1) is 13.8. The zero-order valence-electron chi connectivity index (χ0n) is 15.6. The minimum Gasteiger partial charge on any atom is -0.349 e. The van der Waals surface area contributed by atoms with Gasteiger partial charge in [-0.3, -0.25) is 4.79 Å². The molecule has 1 aromatic heterocycles.